The molecule has 1 fully saturated rings. The molecule has 1 aliphatic rings. The minimum Gasteiger partial charge on any atom is -0.488 e. The van der Waals surface area contributed by atoms with E-state index in [-0.39, 0.29) is 12.0 Å². The third kappa shape index (κ3) is 6.23. The lowest BCUT2D eigenvalue weighted by Gasteiger charge is -2.35. The van der Waals surface area contributed by atoms with E-state index in [0.717, 1.165) is 42.1 Å². The van der Waals surface area contributed by atoms with Gasteiger partial charge in [0.15, 0.2) is 5.96 Å². The highest BCUT2D eigenvalue weighted by Crippen LogP contribution is 2.24. The molecule has 1 saturated heterocycles. The number of piperidine rings is 1. The van der Waals surface area contributed by atoms with E-state index in [0.29, 0.717) is 18.9 Å². The first kappa shape index (κ1) is 19.6. The minimum absolute atomic E-state index is 0.0124. The molecule has 0 saturated carbocycles. The van der Waals surface area contributed by atoms with Crippen LogP contribution in [0.1, 0.15) is 26.2 Å². The maximum absolute atomic E-state index is 11.2. The van der Waals surface area contributed by atoms with Crippen molar-refractivity contribution in [3.05, 3.63) is 28.7 Å². The molecule has 7 heteroatoms. The number of para-hydroxylation sites is 1. The molecule has 6 nitrogen and oxygen atoms in total. The van der Waals surface area contributed by atoms with E-state index in [2.05, 4.69) is 31.1 Å². The molecule has 0 aliphatic carbocycles. The maximum atomic E-state index is 11.2. The second-order valence-corrected chi connectivity index (χ2v) is 7.27. The first-order chi connectivity index (χ1) is 12.0. The number of ether oxygens (including phenoxy) is 1. The van der Waals surface area contributed by atoms with Gasteiger partial charge in [-0.15, -0.1) is 0 Å². The van der Waals surface area contributed by atoms with Gasteiger partial charge in [-0.3, -0.25) is 9.79 Å². The predicted molar refractivity (Wildman–Crippen MR) is 104 cm³/mol. The van der Waals surface area contributed by atoms with Gasteiger partial charge in [0.2, 0.25) is 5.91 Å². The molecule has 2 atom stereocenters. The summed E-state index contributed by atoms with van der Waals surface area (Å²) >= 11 is 3.49. The lowest BCUT2D eigenvalue weighted by atomic mass is 9.95. The summed E-state index contributed by atoms with van der Waals surface area (Å²) in [5, 5.41) is 3.37. The molecule has 1 heterocycles. The van der Waals surface area contributed by atoms with Gasteiger partial charge in [-0.05, 0) is 53.7 Å². The second kappa shape index (κ2) is 9.65. The number of hydrogen-bond donors (Lipinski definition) is 2. The Morgan fingerprint density at radius 2 is 2.28 bits per heavy atom. The summed E-state index contributed by atoms with van der Waals surface area (Å²) in [5.41, 5.74) is 5.34. The number of carbonyl (C=O) groups is 1. The molecular weight excluding hydrogens is 384 g/mol. The molecule has 1 aliphatic heterocycles. The molecule has 2 unspecified atom stereocenters. The number of nitrogens with two attached hydrogens (primary N) is 1. The van der Waals surface area contributed by atoms with Crippen molar-refractivity contribution in [3.63, 3.8) is 0 Å². The number of primary amides is 1. The Morgan fingerprint density at radius 1 is 1.52 bits per heavy atom. The van der Waals surface area contributed by atoms with Crippen LogP contribution in [-0.2, 0) is 4.79 Å². The van der Waals surface area contributed by atoms with Crippen molar-refractivity contribution >= 4 is 27.8 Å². The highest BCUT2D eigenvalue weighted by molar-refractivity contribution is 9.10. The largest absolute Gasteiger partial charge is 0.488 e. The fraction of sp³-hybridized carbons (Fsp3) is 0.556. The Kier molecular flexibility index (Phi) is 7.55. The molecular formula is C18H27BrN4O2. The van der Waals surface area contributed by atoms with Crippen molar-refractivity contribution in [3.8, 4) is 5.75 Å². The van der Waals surface area contributed by atoms with Crippen LogP contribution in [0, 0.1) is 5.92 Å². The van der Waals surface area contributed by atoms with E-state index in [1.807, 2.05) is 31.2 Å². The highest BCUT2D eigenvalue weighted by atomic mass is 79.9. The molecule has 3 N–H and O–H groups in total. The summed E-state index contributed by atoms with van der Waals surface area (Å²) in [6, 6.07) is 7.81. The predicted octanol–water partition coefficient (Wildman–Crippen LogP) is 2.38. The van der Waals surface area contributed by atoms with Crippen molar-refractivity contribution in [2.24, 2.45) is 16.6 Å². The van der Waals surface area contributed by atoms with E-state index in [1.165, 1.54) is 0 Å². The normalized spacial score (nSPS) is 19.4. The fourth-order valence-corrected chi connectivity index (χ4v) is 3.45. The molecule has 1 aromatic carbocycles. The van der Waals surface area contributed by atoms with Crippen LogP contribution in [0.15, 0.2) is 33.7 Å². The molecule has 0 radical (unpaired) electrons. The molecule has 1 aromatic rings. The molecule has 138 valence electrons. The zero-order valence-corrected chi connectivity index (χ0v) is 16.5. The van der Waals surface area contributed by atoms with Crippen LogP contribution in [0.3, 0.4) is 0 Å². The Hall–Kier alpha value is -1.76. The maximum Gasteiger partial charge on any atom is 0.217 e. The van der Waals surface area contributed by atoms with Gasteiger partial charge >= 0.3 is 0 Å². The zero-order chi connectivity index (χ0) is 18.2. The van der Waals surface area contributed by atoms with Crippen molar-refractivity contribution in [1.29, 1.82) is 0 Å². The third-order valence-corrected chi connectivity index (χ3v) is 4.89. The van der Waals surface area contributed by atoms with Crippen LogP contribution >= 0.6 is 15.9 Å². The number of carbonyl (C=O) groups excluding carboxylic acids is 1. The van der Waals surface area contributed by atoms with Gasteiger partial charge in [0.25, 0.3) is 0 Å². The second-order valence-electron chi connectivity index (χ2n) is 6.41. The topological polar surface area (TPSA) is 80.0 Å². The summed E-state index contributed by atoms with van der Waals surface area (Å²) < 4.78 is 6.90. The SMILES string of the molecule is CN=C(NCC(C)Oc1ccccc1Br)N1CCCC(CC(N)=O)C1. The average Bonchev–Trinajstić information content (AvgIpc) is 2.57. The fourth-order valence-electron chi connectivity index (χ4n) is 3.07. The van der Waals surface area contributed by atoms with Crippen LogP contribution in [0.4, 0.5) is 0 Å². The Labute approximate surface area is 157 Å². The van der Waals surface area contributed by atoms with Gasteiger partial charge in [-0.1, -0.05) is 12.1 Å². The summed E-state index contributed by atoms with van der Waals surface area (Å²) in [4.78, 5) is 17.7. The number of nitrogens with zero attached hydrogens (tertiary/aromatic N) is 2. The first-order valence-corrected chi connectivity index (χ1v) is 9.44. The van der Waals surface area contributed by atoms with Crippen LogP contribution in [0.25, 0.3) is 0 Å². The molecule has 2 rings (SSSR count). The van der Waals surface area contributed by atoms with Crippen molar-refractivity contribution in [2.45, 2.75) is 32.3 Å². The molecule has 0 spiro atoms. The number of amides is 1. The highest BCUT2D eigenvalue weighted by Gasteiger charge is 2.23. The summed E-state index contributed by atoms with van der Waals surface area (Å²) in [5.74, 6) is 1.74. The lowest BCUT2D eigenvalue weighted by molar-refractivity contribution is -0.119. The smallest absolute Gasteiger partial charge is 0.217 e. The van der Waals surface area contributed by atoms with Gasteiger partial charge < -0.3 is 20.7 Å². The van der Waals surface area contributed by atoms with Gasteiger partial charge in [0, 0.05) is 26.6 Å². The minimum atomic E-state index is -0.231. The number of rotatable bonds is 6. The quantitative estimate of drug-likeness (QED) is 0.557. The van der Waals surface area contributed by atoms with Crippen LogP contribution in [0.2, 0.25) is 0 Å². The van der Waals surface area contributed by atoms with E-state index >= 15 is 0 Å². The van der Waals surface area contributed by atoms with E-state index in [1.54, 1.807) is 7.05 Å². The van der Waals surface area contributed by atoms with E-state index < -0.39 is 0 Å². The van der Waals surface area contributed by atoms with Crippen LogP contribution < -0.4 is 15.8 Å². The third-order valence-electron chi connectivity index (χ3n) is 4.23. The summed E-state index contributed by atoms with van der Waals surface area (Å²) in [6.45, 7) is 4.41. The summed E-state index contributed by atoms with van der Waals surface area (Å²) in [6.07, 6.45) is 2.51. The van der Waals surface area contributed by atoms with E-state index in [9.17, 15) is 4.79 Å². The first-order valence-electron chi connectivity index (χ1n) is 8.64. The van der Waals surface area contributed by atoms with Crippen LogP contribution in [-0.4, -0.2) is 49.6 Å². The number of guanidine groups is 1. The van der Waals surface area contributed by atoms with Gasteiger partial charge in [-0.25, -0.2) is 0 Å². The number of halogens is 1. The van der Waals surface area contributed by atoms with Gasteiger partial charge in [0.05, 0.1) is 11.0 Å². The Bertz CT molecular complexity index is 608. The number of hydrogen-bond acceptors (Lipinski definition) is 3. The van der Waals surface area contributed by atoms with Crippen molar-refractivity contribution < 1.29 is 9.53 Å². The lowest BCUT2D eigenvalue weighted by Crippen LogP contribution is -2.49. The average molecular weight is 411 g/mol. The molecule has 25 heavy (non-hydrogen) atoms. The number of aliphatic imine (C=N–C) groups is 1. The molecule has 0 aromatic heterocycles. The zero-order valence-electron chi connectivity index (χ0n) is 14.9. The summed E-state index contributed by atoms with van der Waals surface area (Å²) in [7, 11) is 1.78. The van der Waals surface area contributed by atoms with Crippen LogP contribution in [0.5, 0.6) is 5.75 Å². The standard InChI is InChI=1S/C18H27BrN4O2/c1-13(25-16-8-4-3-7-15(16)19)11-22-18(21-2)23-9-5-6-14(12-23)10-17(20)24/h3-4,7-8,13-14H,5-6,9-12H2,1-2H3,(H2,20,24)(H,21,22). The van der Waals surface area contributed by atoms with E-state index in [4.69, 9.17) is 10.5 Å². The molecule has 1 amide bonds. The van der Waals surface area contributed by atoms with Crippen molar-refractivity contribution in [2.75, 3.05) is 26.7 Å². The number of nitrogens with one attached hydrogen (secondary N) is 1. The Morgan fingerprint density at radius 3 is 2.96 bits per heavy atom. The van der Waals surface area contributed by atoms with Crippen molar-refractivity contribution in [1.82, 2.24) is 10.2 Å². The van der Waals surface area contributed by atoms with Gasteiger partial charge in [0.1, 0.15) is 11.9 Å². The number of likely N-dealkylation sites (tertiary alicyclic amines) is 1. The Balaban J connectivity index is 1.85. The number of benzene rings is 1. The van der Waals surface area contributed by atoms with Gasteiger partial charge in [-0.2, -0.15) is 0 Å². The monoisotopic (exact) mass is 410 g/mol. The molecule has 0 bridgehead atoms.